The standard InChI is InChI=1S/C28H31N3O5S/c1-36-25-16-15-23(20-26(25)37(34,35)31-17-9-4-10-18-31)29-28(33)24(19-21-11-5-2-6-12-21)30-27(32)22-13-7-3-8-14-22/h2-3,5-8,11-16,20,24H,4,9-10,17-19H2,1H3,(H,29,33)(H,30,32)/t24-/m1/s1. The number of methoxy groups -OCH3 is 1. The molecule has 1 atom stereocenters. The number of nitrogens with one attached hydrogen (secondary N) is 2. The molecule has 0 bridgehead atoms. The maximum atomic E-state index is 13.4. The summed E-state index contributed by atoms with van der Waals surface area (Å²) in [6.45, 7) is 0.902. The minimum Gasteiger partial charge on any atom is -0.495 e. The van der Waals surface area contributed by atoms with Crippen molar-refractivity contribution in [3.63, 3.8) is 0 Å². The highest BCUT2D eigenvalue weighted by molar-refractivity contribution is 7.89. The van der Waals surface area contributed by atoms with Gasteiger partial charge >= 0.3 is 0 Å². The zero-order valence-corrected chi connectivity index (χ0v) is 21.5. The van der Waals surface area contributed by atoms with Crippen molar-refractivity contribution in [2.45, 2.75) is 36.6 Å². The molecule has 1 saturated heterocycles. The van der Waals surface area contributed by atoms with Crippen LogP contribution in [-0.2, 0) is 21.2 Å². The minimum absolute atomic E-state index is 0.00244. The smallest absolute Gasteiger partial charge is 0.251 e. The van der Waals surface area contributed by atoms with Crippen LogP contribution < -0.4 is 15.4 Å². The van der Waals surface area contributed by atoms with Crippen molar-refractivity contribution in [3.8, 4) is 5.75 Å². The van der Waals surface area contributed by atoms with E-state index in [9.17, 15) is 18.0 Å². The van der Waals surface area contributed by atoms with E-state index in [0.717, 1.165) is 24.8 Å². The van der Waals surface area contributed by atoms with Crippen LogP contribution in [0.2, 0.25) is 0 Å². The maximum Gasteiger partial charge on any atom is 0.251 e. The van der Waals surface area contributed by atoms with Gasteiger partial charge in [0.2, 0.25) is 15.9 Å². The molecule has 0 aromatic heterocycles. The lowest BCUT2D eigenvalue weighted by Crippen LogP contribution is -2.45. The third kappa shape index (κ3) is 6.55. The number of carbonyl (C=O) groups is 2. The topological polar surface area (TPSA) is 105 Å². The molecule has 1 aliphatic rings. The van der Waals surface area contributed by atoms with Crippen LogP contribution in [-0.4, -0.2) is 50.8 Å². The fourth-order valence-electron chi connectivity index (χ4n) is 4.32. The van der Waals surface area contributed by atoms with Crippen LogP contribution >= 0.6 is 0 Å². The van der Waals surface area contributed by atoms with Gasteiger partial charge in [0.1, 0.15) is 16.7 Å². The lowest BCUT2D eigenvalue weighted by Gasteiger charge is -2.27. The number of nitrogens with zero attached hydrogens (tertiary/aromatic N) is 1. The van der Waals surface area contributed by atoms with Crippen molar-refractivity contribution in [3.05, 3.63) is 90.0 Å². The van der Waals surface area contributed by atoms with E-state index in [1.165, 1.54) is 23.5 Å². The Morgan fingerprint density at radius 3 is 2.22 bits per heavy atom. The van der Waals surface area contributed by atoms with Crippen molar-refractivity contribution in [2.75, 3.05) is 25.5 Å². The summed E-state index contributed by atoms with van der Waals surface area (Å²) in [5.41, 5.74) is 1.61. The van der Waals surface area contributed by atoms with Crippen LogP contribution in [0.1, 0.15) is 35.2 Å². The average molecular weight is 522 g/mol. The number of piperidine rings is 1. The lowest BCUT2D eigenvalue weighted by atomic mass is 10.0. The van der Waals surface area contributed by atoms with E-state index in [1.54, 1.807) is 30.3 Å². The van der Waals surface area contributed by atoms with Crippen LogP contribution in [0.5, 0.6) is 5.75 Å². The predicted octanol–water partition coefficient (Wildman–Crippen LogP) is 3.85. The van der Waals surface area contributed by atoms with Crippen LogP contribution in [0.4, 0.5) is 5.69 Å². The second kappa shape index (κ2) is 12.0. The molecule has 194 valence electrons. The van der Waals surface area contributed by atoms with E-state index in [1.807, 2.05) is 36.4 Å². The Hall–Kier alpha value is -3.69. The molecule has 0 aliphatic carbocycles. The van der Waals surface area contributed by atoms with E-state index in [2.05, 4.69) is 10.6 Å². The molecule has 1 heterocycles. The van der Waals surface area contributed by atoms with Gasteiger partial charge in [0, 0.05) is 30.8 Å². The van der Waals surface area contributed by atoms with Gasteiger partial charge in [-0.2, -0.15) is 4.31 Å². The fourth-order valence-corrected chi connectivity index (χ4v) is 6.02. The summed E-state index contributed by atoms with van der Waals surface area (Å²) in [6.07, 6.45) is 2.87. The Labute approximate surface area is 217 Å². The first-order valence-electron chi connectivity index (χ1n) is 12.3. The molecular weight excluding hydrogens is 490 g/mol. The molecule has 0 unspecified atom stereocenters. The van der Waals surface area contributed by atoms with Gasteiger partial charge in [-0.25, -0.2) is 8.42 Å². The van der Waals surface area contributed by atoms with Gasteiger partial charge in [0.25, 0.3) is 5.91 Å². The molecule has 2 N–H and O–H groups in total. The number of ether oxygens (including phenoxy) is 1. The Morgan fingerprint density at radius 1 is 0.919 bits per heavy atom. The highest BCUT2D eigenvalue weighted by Gasteiger charge is 2.30. The highest BCUT2D eigenvalue weighted by atomic mass is 32.2. The van der Waals surface area contributed by atoms with Crippen molar-refractivity contribution in [2.24, 2.45) is 0 Å². The molecule has 37 heavy (non-hydrogen) atoms. The molecule has 1 fully saturated rings. The average Bonchev–Trinajstić information content (AvgIpc) is 2.94. The predicted molar refractivity (Wildman–Crippen MR) is 142 cm³/mol. The molecule has 3 aromatic rings. The Balaban J connectivity index is 1.58. The molecule has 0 spiro atoms. The summed E-state index contributed by atoms with van der Waals surface area (Å²) in [4.78, 5) is 26.2. The van der Waals surface area contributed by atoms with Gasteiger partial charge in [0.05, 0.1) is 7.11 Å². The van der Waals surface area contributed by atoms with Gasteiger partial charge < -0.3 is 15.4 Å². The molecule has 1 aliphatic heterocycles. The second-order valence-corrected chi connectivity index (χ2v) is 10.8. The number of carbonyl (C=O) groups excluding carboxylic acids is 2. The third-order valence-electron chi connectivity index (χ3n) is 6.30. The van der Waals surface area contributed by atoms with E-state index in [0.29, 0.717) is 24.3 Å². The summed E-state index contributed by atoms with van der Waals surface area (Å²) >= 11 is 0. The van der Waals surface area contributed by atoms with Gasteiger partial charge in [0.15, 0.2) is 0 Å². The zero-order chi connectivity index (χ0) is 26.3. The number of amides is 2. The largest absolute Gasteiger partial charge is 0.495 e. The number of hydrogen-bond acceptors (Lipinski definition) is 5. The van der Waals surface area contributed by atoms with Gasteiger partial charge in [-0.1, -0.05) is 55.0 Å². The first-order valence-corrected chi connectivity index (χ1v) is 13.7. The molecule has 0 radical (unpaired) electrons. The molecule has 8 nitrogen and oxygen atoms in total. The van der Waals surface area contributed by atoms with Gasteiger partial charge in [-0.05, 0) is 48.7 Å². The zero-order valence-electron chi connectivity index (χ0n) is 20.7. The normalized spacial score (nSPS) is 14.9. The summed E-state index contributed by atoms with van der Waals surface area (Å²) in [5.74, 6) is -0.624. The summed E-state index contributed by atoms with van der Waals surface area (Å²) in [5, 5.41) is 5.61. The minimum atomic E-state index is -3.80. The van der Waals surface area contributed by atoms with Crippen molar-refractivity contribution < 1.29 is 22.7 Å². The SMILES string of the molecule is COc1ccc(NC(=O)[C@@H](Cc2ccccc2)NC(=O)c2ccccc2)cc1S(=O)(=O)N1CCCCC1. The van der Waals surface area contributed by atoms with Crippen molar-refractivity contribution in [1.29, 1.82) is 0 Å². The van der Waals surface area contributed by atoms with Gasteiger partial charge in [-0.3, -0.25) is 9.59 Å². The van der Waals surface area contributed by atoms with Crippen LogP contribution in [0.15, 0.2) is 83.8 Å². The number of benzene rings is 3. The second-order valence-electron chi connectivity index (χ2n) is 8.90. The molecule has 4 rings (SSSR count). The monoisotopic (exact) mass is 521 g/mol. The molecule has 2 amide bonds. The summed E-state index contributed by atoms with van der Waals surface area (Å²) in [6, 6.07) is 21.7. The van der Waals surface area contributed by atoms with E-state index in [-0.39, 0.29) is 23.0 Å². The summed E-state index contributed by atoms with van der Waals surface area (Å²) in [7, 11) is -2.39. The number of sulfonamides is 1. The number of hydrogen-bond donors (Lipinski definition) is 2. The maximum absolute atomic E-state index is 13.4. The lowest BCUT2D eigenvalue weighted by molar-refractivity contribution is -0.118. The Kier molecular flexibility index (Phi) is 8.58. The molecule has 9 heteroatoms. The van der Waals surface area contributed by atoms with Crippen molar-refractivity contribution in [1.82, 2.24) is 9.62 Å². The first kappa shape index (κ1) is 26.4. The quantitative estimate of drug-likeness (QED) is 0.445. The Morgan fingerprint density at radius 2 is 1.57 bits per heavy atom. The number of anilines is 1. The van der Waals surface area contributed by atoms with Gasteiger partial charge in [-0.15, -0.1) is 0 Å². The van der Waals surface area contributed by atoms with E-state index in [4.69, 9.17) is 4.74 Å². The van der Waals surface area contributed by atoms with E-state index >= 15 is 0 Å². The molecule has 0 saturated carbocycles. The van der Waals surface area contributed by atoms with E-state index < -0.39 is 22.0 Å². The van der Waals surface area contributed by atoms with Crippen LogP contribution in [0.3, 0.4) is 0 Å². The van der Waals surface area contributed by atoms with Crippen LogP contribution in [0, 0.1) is 0 Å². The molecule has 3 aromatic carbocycles. The summed E-state index contributed by atoms with van der Waals surface area (Å²) < 4.78 is 33.5. The molecular formula is C28H31N3O5S. The number of rotatable bonds is 9. The third-order valence-corrected chi connectivity index (χ3v) is 8.22. The fraction of sp³-hybridized carbons (Fsp3) is 0.286. The van der Waals surface area contributed by atoms with Crippen LogP contribution in [0.25, 0.3) is 0 Å². The highest BCUT2D eigenvalue weighted by Crippen LogP contribution is 2.31. The Bertz CT molecular complexity index is 1320. The first-order chi connectivity index (χ1) is 17.9. The van der Waals surface area contributed by atoms with Crippen molar-refractivity contribution >= 4 is 27.5 Å².